The Hall–Kier alpha value is -1.29. The second-order valence-electron chi connectivity index (χ2n) is 5.13. The smallest absolute Gasteiger partial charge is 0.281 e. The Kier molecular flexibility index (Phi) is 3.60. The van der Waals surface area contributed by atoms with Gasteiger partial charge in [0.1, 0.15) is 4.47 Å². The van der Waals surface area contributed by atoms with E-state index in [2.05, 4.69) is 21.0 Å². The molecule has 0 atom stereocenters. The average molecular weight is 321 g/mol. The summed E-state index contributed by atoms with van der Waals surface area (Å²) in [4.78, 5) is 12.3. The van der Waals surface area contributed by atoms with E-state index in [0.29, 0.717) is 10.5 Å². The van der Waals surface area contributed by atoms with Gasteiger partial charge in [-0.3, -0.25) is 9.89 Å². The molecule has 1 aliphatic carbocycles. The van der Waals surface area contributed by atoms with Crippen LogP contribution < -0.4 is 5.56 Å². The van der Waals surface area contributed by atoms with Crippen LogP contribution in [0.25, 0.3) is 11.3 Å². The van der Waals surface area contributed by atoms with Gasteiger partial charge in [-0.25, -0.2) is 4.68 Å². The molecular weight excluding hydrogens is 304 g/mol. The van der Waals surface area contributed by atoms with E-state index in [0.717, 1.165) is 24.1 Å². The Bertz CT molecular complexity index is 609. The first kappa shape index (κ1) is 12.7. The van der Waals surface area contributed by atoms with Crippen molar-refractivity contribution in [2.45, 2.75) is 38.1 Å². The highest BCUT2D eigenvalue weighted by molar-refractivity contribution is 9.10. The maximum absolute atomic E-state index is 12.3. The van der Waals surface area contributed by atoms with E-state index in [1.807, 2.05) is 35.0 Å². The minimum Gasteiger partial charge on any atom is -0.294 e. The zero-order chi connectivity index (χ0) is 13.2. The molecule has 0 spiro atoms. The molecule has 0 saturated heterocycles. The van der Waals surface area contributed by atoms with Gasteiger partial charge in [0.15, 0.2) is 0 Å². The first-order chi connectivity index (χ1) is 9.27. The number of halogens is 1. The molecular formula is C15H17BrN2O. The summed E-state index contributed by atoms with van der Waals surface area (Å²) in [6.45, 7) is 0. The van der Waals surface area contributed by atoms with Crippen LogP contribution in [0.2, 0.25) is 0 Å². The summed E-state index contributed by atoms with van der Waals surface area (Å²) < 4.78 is 2.45. The van der Waals surface area contributed by atoms with Gasteiger partial charge < -0.3 is 0 Å². The van der Waals surface area contributed by atoms with Gasteiger partial charge in [-0.15, -0.1) is 0 Å². The van der Waals surface area contributed by atoms with Crippen LogP contribution in [0.1, 0.15) is 38.1 Å². The van der Waals surface area contributed by atoms with Gasteiger partial charge in [0, 0.05) is 5.56 Å². The van der Waals surface area contributed by atoms with E-state index < -0.39 is 0 Å². The van der Waals surface area contributed by atoms with Crippen LogP contribution in [0.15, 0.2) is 39.6 Å². The number of benzene rings is 1. The van der Waals surface area contributed by atoms with Crippen LogP contribution in [-0.4, -0.2) is 9.78 Å². The third kappa shape index (κ3) is 2.41. The summed E-state index contributed by atoms with van der Waals surface area (Å²) in [5.74, 6) is 0. The maximum Gasteiger partial charge on any atom is 0.281 e. The lowest BCUT2D eigenvalue weighted by molar-refractivity contribution is 0.323. The Morgan fingerprint density at radius 3 is 2.47 bits per heavy atom. The number of hydrogen-bond donors (Lipinski definition) is 1. The van der Waals surface area contributed by atoms with E-state index in [9.17, 15) is 4.79 Å². The second-order valence-corrected chi connectivity index (χ2v) is 5.93. The van der Waals surface area contributed by atoms with Crippen molar-refractivity contribution in [1.82, 2.24) is 9.78 Å². The van der Waals surface area contributed by atoms with Crippen molar-refractivity contribution in [2.24, 2.45) is 0 Å². The van der Waals surface area contributed by atoms with Gasteiger partial charge >= 0.3 is 0 Å². The van der Waals surface area contributed by atoms with Gasteiger partial charge in [-0.05, 0) is 28.8 Å². The SMILES string of the molecule is O=c1c(Br)c(-c2ccccc2)[nH]n1C1CCCCC1. The van der Waals surface area contributed by atoms with Gasteiger partial charge in [0.2, 0.25) is 0 Å². The molecule has 1 aromatic carbocycles. The molecule has 0 bridgehead atoms. The van der Waals surface area contributed by atoms with Crippen LogP contribution >= 0.6 is 15.9 Å². The minimum atomic E-state index is 0.0609. The molecule has 4 heteroatoms. The fourth-order valence-corrected chi connectivity index (χ4v) is 3.33. The van der Waals surface area contributed by atoms with Crippen LogP contribution in [-0.2, 0) is 0 Å². The molecule has 0 unspecified atom stereocenters. The van der Waals surface area contributed by atoms with Gasteiger partial charge in [0.05, 0.1) is 11.7 Å². The molecule has 0 amide bonds. The van der Waals surface area contributed by atoms with Gasteiger partial charge in [-0.2, -0.15) is 0 Å². The lowest BCUT2D eigenvalue weighted by Crippen LogP contribution is -2.24. The third-order valence-corrected chi connectivity index (χ3v) is 4.60. The molecule has 1 N–H and O–H groups in total. The lowest BCUT2D eigenvalue weighted by atomic mass is 9.96. The van der Waals surface area contributed by atoms with E-state index in [4.69, 9.17) is 0 Å². The van der Waals surface area contributed by atoms with Crippen molar-refractivity contribution in [3.63, 3.8) is 0 Å². The standard InChI is InChI=1S/C15H17BrN2O/c16-13-14(11-7-3-1-4-8-11)17-18(15(13)19)12-9-5-2-6-10-12/h1,3-4,7-8,12,17H,2,5-6,9-10H2. The lowest BCUT2D eigenvalue weighted by Gasteiger charge is -2.21. The largest absolute Gasteiger partial charge is 0.294 e. The zero-order valence-electron chi connectivity index (χ0n) is 10.7. The van der Waals surface area contributed by atoms with E-state index in [1.54, 1.807) is 0 Å². The van der Waals surface area contributed by atoms with Crippen LogP contribution in [0.4, 0.5) is 0 Å². The Morgan fingerprint density at radius 1 is 1.11 bits per heavy atom. The van der Waals surface area contributed by atoms with Crippen LogP contribution in [0, 0.1) is 0 Å². The summed E-state index contributed by atoms with van der Waals surface area (Å²) in [6.07, 6.45) is 5.92. The molecule has 2 aromatic rings. The monoisotopic (exact) mass is 320 g/mol. The molecule has 1 aromatic heterocycles. The number of rotatable bonds is 2. The normalized spacial score (nSPS) is 16.7. The van der Waals surface area contributed by atoms with E-state index in [1.165, 1.54) is 19.3 Å². The fraction of sp³-hybridized carbons (Fsp3) is 0.400. The molecule has 1 heterocycles. The van der Waals surface area contributed by atoms with Crippen molar-refractivity contribution in [2.75, 3.05) is 0 Å². The summed E-state index contributed by atoms with van der Waals surface area (Å²) >= 11 is 3.44. The molecule has 19 heavy (non-hydrogen) atoms. The number of nitrogens with one attached hydrogen (secondary N) is 1. The zero-order valence-corrected chi connectivity index (χ0v) is 12.3. The van der Waals surface area contributed by atoms with Crippen molar-refractivity contribution in [1.29, 1.82) is 0 Å². The van der Waals surface area contributed by atoms with Crippen LogP contribution in [0.5, 0.6) is 0 Å². The summed E-state index contributed by atoms with van der Waals surface area (Å²) in [5, 5.41) is 3.29. The molecule has 1 aliphatic rings. The molecule has 100 valence electrons. The highest BCUT2D eigenvalue weighted by atomic mass is 79.9. The number of aromatic amines is 1. The summed E-state index contributed by atoms with van der Waals surface area (Å²) in [6, 6.07) is 10.3. The Labute approximate surface area is 120 Å². The topological polar surface area (TPSA) is 37.8 Å². The number of nitrogens with zero attached hydrogens (tertiary/aromatic N) is 1. The maximum atomic E-state index is 12.3. The summed E-state index contributed by atoms with van der Waals surface area (Å²) in [5.41, 5.74) is 1.99. The highest BCUT2D eigenvalue weighted by Crippen LogP contribution is 2.29. The quantitative estimate of drug-likeness (QED) is 0.888. The number of aromatic nitrogens is 2. The van der Waals surface area contributed by atoms with Gasteiger partial charge in [-0.1, -0.05) is 49.6 Å². The molecule has 1 fully saturated rings. The van der Waals surface area contributed by atoms with Crippen molar-refractivity contribution < 1.29 is 0 Å². The van der Waals surface area contributed by atoms with Crippen molar-refractivity contribution in [3.05, 3.63) is 45.2 Å². The van der Waals surface area contributed by atoms with Crippen molar-refractivity contribution >= 4 is 15.9 Å². The minimum absolute atomic E-state index is 0.0609. The molecule has 0 radical (unpaired) electrons. The van der Waals surface area contributed by atoms with Crippen LogP contribution in [0.3, 0.4) is 0 Å². The highest BCUT2D eigenvalue weighted by Gasteiger charge is 2.21. The first-order valence-corrected chi connectivity index (χ1v) is 7.62. The predicted molar refractivity (Wildman–Crippen MR) is 80.3 cm³/mol. The second kappa shape index (κ2) is 5.37. The molecule has 0 aliphatic heterocycles. The fourth-order valence-electron chi connectivity index (χ4n) is 2.83. The van der Waals surface area contributed by atoms with Crippen molar-refractivity contribution in [3.8, 4) is 11.3 Å². The average Bonchev–Trinajstić information content (AvgIpc) is 2.77. The van der Waals surface area contributed by atoms with E-state index >= 15 is 0 Å². The van der Waals surface area contributed by atoms with Gasteiger partial charge in [0.25, 0.3) is 5.56 Å². The Balaban J connectivity index is 2.02. The third-order valence-electron chi connectivity index (χ3n) is 3.86. The molecule has 3 nitrogen and oxygen atoms in total. The Morgan fingerprint density at radius 2 is 1.79 bits per heavy atom. The predicted octanol–water partition coefficient (Wildman–Crippen LogP) is 4.11. The number of hydrogen-bond acceptors (Lipinski definition) is 1. The molecule has 3 rings (SSSR count). The molecule has 1 saturated carbocycles. The number of H-pyrrole nitrogens is 1. The first-order valence-electron chi connectivity index (χ1n) is 6.83. The summed E-state index contributed by atoms with van der Waals surface area (Å²) in [7, 11) is 0. The van der Waals surface area contributed by atoms with E-state index in [-0.39, 0.29) is 5.56 Å².